The zero-order chi connectivity index (χ0) is 12.6. The predicted octanol–water partition coefficient (Wildman–Crippen LogP) is 2.32. The van der Waals surface area contributed by atoms with Crippen LogP contribution in [0, 0.1) is 17.8 Å². The van der Waals surface area contributed by atoms with Crippen LogP contribution in [0.2, 0.25) is 0 Å². The molecule has 0 heterocycles. The molecule has 0 saturated heterocycles. The Morgan fingerprint density at radius 3 is 2.47 bits per heavy atom. The van der Waals surface area contributed by atoms with Crippen LogP contribution in [-0.2, 0) is 0 Å². The van der Waals surface area contributed by atoms with Crippen LogP contribution in [0.15, 0.2) is 0 Å². The van der Waals surface area contributed by atoms with Gasteiger partial charge in [-0.25, -0.2) is 0 Å². The first-order valence-corrected chi connectivity index (χ1v) is 6.36. The molecule has 2 aliphatic carbocycles. The van der Waals surface area contributed by atoms with E-state index in [1.807, 2.05) is 6.92 Å². The molecule has 2 saturated carbocycles. The van der Waals surface area contributed by atoms with Gasteiger partial charge in [0, 0.05) is 12.6 Å². The maximum Gasteiger partial charge on any atom is 0.415 e. The van der Waals surface area contributed by atoms with Gasteiger partial charge in [0.05, 0.1) is 0 Å². The van der Waals surface area contributed by atoms with Gasteiger partial charge >= 0.3 is 6.18 Å². The van der Waals surface area contributed by atoms with Crippen molar-refractivity contribution in [3.63, 3.8) is 0 Å². The van der Waals surface area contributed by atoms with Crippen LogP contribution in [-0.4, -0.2) is 30.0 Å². The Labute approximate surface area is 99.6 Å². The summed E-state index contributed by atoms with van der Waals surface area (Å²) in [6.45, 7) is 1.55. The molecule has 5 heteroatoms. The highest BCUT2D eigenvalue weighted by atomic mass is 19.4. The van der Waals surface area contributed by atoms with Crippen molar-refractivity contribution in [2.75, 3.05) is 6.54 Å². The molecule has 0 radical (unpaired) electrons. The van der Waals surface area contributed by atoms with E-state index in [4.69, 9.17) is 5.11 Å². The Balaban J connectivity index is 1.76. The van der Waals surface area contributed by atoms with Crippen molar-refractivity contribution >= 4 is 0 Å². The normalized spacial score (nSPS) is 36.2. The Kier molecular flexibility index (Phi) is 3.69. The molecule has 0 spiro atoms. The third kappa shape index (κ3) is 2.94. The van der Waals surface area contributed by atoms with Crippen molar-refractivity contribution < 1.29 is 18.3 Å². The molecule has 0 amide bonds. The molecule has 17 heavy (non-hydrogen) atoms. The van der Waals surface area contributed by atoms with Crippen LogP contribution in [0.25, 0.3) is 0 Å². The van der Waals surface area contributed by atoms with Gasteiger partial charge in [-0.1, -0.05) is 6.42 Å². The van der Waals surface area contributed by atoms with Gasteiger partial charge in [0.25, 0.3) is 0 Å². The maximum atomic E-state index is 12.1. The van der Waals surface area contributed by atoms with Crippen LogP contribution >= 0.6 is 0 Å². The number of hydrogen-bond donors (Lipinski definition) is 2. The lowest BCUT2D eigenvalue weighted by Crippen LogP contribution is -2.44. The summed E-state index contributed by atoms with van der Waals surface area (Å²) in [6, 6.07) is 0.0716. The molecule has 5 atom stereocenters. The molecule has 2 fully saturated rings. The van der Waals surface area contributed by atoms with Crippen molar-refractivity contribution in [1.29, 1.82) is 0 Å². The van der Waals surface area contributed by atoms with Crippen LogP contribution in [0.1, 0.15) is 32.6 Å². The Morgan fingerprint density at radius 2 is 2.00 bits per heavy atom. The lowest BCUT2D eigenvalue weighted by molar-refractivity contribution is -0.202. The summed E-state index contributed by atoms with van der Waals surface area (Å²) in [5, 5.41) is 11.8. The predicted molar refractivity (Wildman–Crippen MR) is 58.5 cm³/mol. The van der Waals surface area contributed by atoms with E-state index in [1.165, 1.54) is 19.3 Å². The molecule has 0 aromatic carbocycles. The highest BCUT2D eigenvalue weighted by molar-refractivity contribution is 4.94. The summed E-state index contributed by atoms with van der Waals surface area (Å²) in [7, 11) is 0. The minimum Gasteiger partial charge on any atom is -0.382 e. The van der Waals surface area contributed by atoms with Gasteiger partial charge in [-0.3, -0.25) is 0 Å². The number of aliphatic hydroxyl groups excluding tert-OH is 1. The van der Waals surface area contributed by atoms with E-state index in [-0.39, 0.29) is 6.04 Å². The lowest BCUT2D eigenvalue weighted by Gasteiger charge is -2.29. The first-order valence-electron chi connectivity index (χ1n) is 6.36. The average molecular weight is 251 g/mol. The van der Waals surface area contributed by atoms with E-state index in [1.54, 1.807) is 0 Å². The Bertz CT molecular complexity index is 269. The largest absolute Gasteiger partial charge is 0.415 e. The van der Waals surface area contributed by atoms with Crippen LogP contribution in [0.4, 0.5) is 13.2 Å². The molecule has 0 aromatic heterocycles. The summed E-state index contributed by atoms with van der Waals surface area (Å²) in [5.41, 5.74) is 0. The third-order valence-corrected chi connectivity index (χ3v) is 4.45. The van der Waals surface area contributed by atoms with Crippen LogP contribution in [0.3, 0.4) is 0 Å². The fraction of sp³-hybridized carbons (Fsp3) is 1.00. The van der Waals surface area contributed by atoms with E-state index in [2.05, 4.69) is 5.32 Å². The zero-order valence-electron chi connectivity index (χ0n) is 10.0. The van der Waals surface area contributed by atoms with Crippen molar-refractivity contribution in [3.05, 3.63) is 0 Å². The second-order valence-electron chi connectivity index (χ2n) is 5.59. The molecule has 0 aromatic rings. The number of fused-ring (bicyclic) bond motifs is 2. The number of rotatable bonds is 4. The van der Waals surface area contributed by atoms with Gasteiger partial charge in [0.2, 0.25) is 0 Å². The molecule has 100 valence electrons. The van der Waals surface area contributed by atoms with Crippen molar-refractivity contribution in [1.82, 2.24) is 5.32 Å². The second-order valence-corrected chi connectivity index (χ2v) is 5.59. The first kappa shape index (κ1) is 13.1. The van der Waals surface area contributed by atoms with Crippen LogP contribution in [0.5, 0.6) is 0 Å². The minimum atomic E-state index is -4.51. The highest BCUT2D eigenvalue weighted by Gasteiger charge is 2.43. The lowest BCUT2D eigenvalue weighted by atomic mass is 9.84. The quantitative estimate of drug-likeness (QED) is 0.803. The molecule has 5 unspecified atom stereocenters. The van der Waals surface area contributed by atoms with Gasteiger partial charge in [0.1, 0.15) is 0 Å². The van der Waals surface area contributed by atoms with E-state index in [0.29, 0.717) is 11.8 Å². The summed E-state index contributed by atoms with van der Waals surface area (Å²) in [5.74, 6) is 1.97. The molecule has 2 aliphatic rings. The molecular formula is C12H20F3NO. The van der Waals surface area contributed by atoms with Gasteiger partial charge in [-0.05, 0) is 43.9 Å². The van der Waals surface area contributed by atoms with Gasteiger partial charge in [0.15, 0.2) is 6.10 Å². The molecule has 2 N–H and O–H groups in total. The smallest absolute Gasteiger partial charge is 0.382 e. The summed E-state index contributed by atoms with van der Waals surface area (Å²) in [6.07, 6.45) is -1.85. The van der Waals surface area contributed by atoms with Gasteiger partial charge in [-0.15, -0.1) is 0 Å². The van der Waals surface area contributed by atoms with E-state index in [9.17, 15) is 13.2 Å². The van der Waals surface area contributed by atoms with Gasteiger partial charge in [-0.2, -0.15) is 13.2 Å². The monoisotopic (exact) mass is 251 g/mol. The van der Waals surface area contributed by atoms with Crippen molar-refractivity contribution in [2.45, 2.75) is 50.9 Å². The van der Waals surface area contributed by atoms with Crippen molar-refractivity contribution in [3.8, 4) is 0 Å². The Hall–Kier alpha value is -0.290. The van der Waals surface area contributed by atoms with Gasteiger partial charge < -0.3 is 10.4 Å². The first-order chi connectivity index (χ1) is 7.88. The number of halogens is 3. The third-order valence-electron chi connectivity index (χ3n) is 4.45. The van der Waals surface area contributed by atoms with E-state index >= 15 is 0 Å². The van der Waals surface area contributed by atoms with E-state index < -0.39 is 18.8 Å². The molecule has 2 bridgehead atoms. The fourth-order valence-corrected chi connectivity index (χ4v) is 3.47. The molecule has 0 aliphatic heterocycles. The summed E-state index contributed by atoms with van der Waals surface area (Å²) in [4.78, 5) is 0. The Morgan fingerprint density at radius 1 is 1.29 bits per heavy atom. The SMILES string of the molecule is CC(NCC(O)C(F)(F)F)C1CC2CCC1C2. The standard InChI is InChI=1S/C12H20F3NO/c1-7(16-6-11(17)12(13,14)15)10-5-8-2-3-9(10)4-8/h7-11,16-17H,2-6H2,1H3. The highest BCUT2D eigenvalue weighted by Crippen LogP contribution is 2.49. The van der Waals surface area contributed by atoms with Crippen molar-refractivity contribution in [2.24, 2.45) is 17.8 Å². The number of alkyl halides is 3. The zero-order valence-corrected chi connectivity index (χ0v) is 10.0. The fourth-order valence-electron chi connectivity index (χ4n) is 3.47. The topological polar surface area (TPSA) is 32.3 Å². The second kappa shape index (κ2) is 4.76. The minimum absolute atomic E-state index is 0.0716. The maximum absolute atomic E-state index is 12.1. The number of nitrogens with one attached hydrogen (secondary N) is 1. The number of aliphatic hydroxyl groups is 1. The molecule has 2 nitrogen and oxygen atoms in total. The summed E-state index contributed by atoms with van der Waals surface area (Å²) < 4.78 is 36.4. The average Bonchev–Trinajstić information content (AvgIpc) is 2.85. The summed E-state index contributed by atoms with van der Waals surface area (Å²) >= 11 is 0. The van der Waals surface area contributed by atoms with E-state index in [0.717, 1.165) is 12.3 Å². The molecular weight excluding hydrogens is 231 g/mol. The molecule has 2 rings (SSSR count). The van der Waals surface area contributed by atoms with Crippen LogP contribution < -0.4 is 5.32 Å². The number of hydrogen-bond acceptors (Lipinski definition) is 2.